The van der Waals surface area contributed by atoms with Gasteiger partial charge in [0.05, 0.1) is 0 Å². The van der Waals surface area contributed by atoms with E-state index in [-0.39, 0.29) is 23.2 Å². The summed E-state index contributed by atoms with van der Waals surface area (Å²) in [4.78, 5) is 11.8. The van der Waals surface area contributed by atoms with E-state index in [1.165, 1.54) is 0 Å². The number of phenols is 2. The van der Waals surface area contributed by atoms with Gasteiger partial charge in [-0.2, -0.15) is 0 Å². The van der Waals surface area contributed by atoms with Gasteiger partial charge in [0.25, 0.3) is 0 Å². The van der Waals surface area contributed by atoms with Gasteiger partial charge in [-0.3, -0.25) is 0 Å². The number of hydrogen-bond acceptors (Lipinski definition) is 4. The predicted molar refractivity (Wildman–Crippen MR) is 71.5 cm³/mol. The SMILES string of the molecule is CC(C)=CCc1c(O)cc2c(c1O)C(=O)OC(C)C2. The highest BCUT2D eigenvalue weighted by molar-refractivity contribution is 5.96. The van der Waals surface area contributed by atoms with Crippen LogP contribution in [0.1, 0.15) is 42.3 Å². The molecule has 1 atom stereocenters. The lowest BCUT2D eigenvalue weighted by molar-refractivity contribution is 0.0296. The van der Waals surface area contributed by atoms with Crippen molar-refractivity contribution < 1.29 is 19.7 Å². The Morgan fingerprint density at radius 2 is 2.16 bits per heavy atom. The number of esters is 1. The summed E-state index contributed by atoms with van der Waals surface area (Å²) < 4.78 is 5.12. The molecule has 1 aliphatic rings. The van der Waals surface area contributed by atoms with Crippen LogP contribution in [0, 0.1) is 0 Å². The third-order valence-electron chi connectivity index (χ3n) is 3.20. The summed E-state index contributed by atoms with van der Waals surface area (Å²) in [6.45, 7) is 5.65. The Kier molecular flexibility index (Phi) is 3.51. The zero-order valence-electron chi connectivity index (χ0n) is 11.4. The molecule has 0 fully saturated rings. The smallest absolute Gasteiger partial charge is 0.342 e. The van der Waals surface area contributed by atoms with E-state index in [4.69, 9.17) is 4.74 Å². The minimum Gasteiger partial charge on any atom is -0.508 e. The molecule has 4 nitrogen and oxygen atoms in total. The van der Waals surface area contributed by atoms with Crippen LogP contribution in [0.25, 0.3) is 0 Å². The Bertz CT molecular complexity index is 554. The van der Waals surface area contributed by atoms with Gasteiger partial charge in [0.1, 0.15) is 23.2 Å². The van der Waals surface area contributed by atoms with Crippen LogP contribution in [0.3, 0.4) is 0 Å². The van der Waals surface area contributed by atoms with Crippen LogP contribution >= 0.6 is 0 Å². The number of allylic oxidation sites excluding steroid dienone is 2. The molecule has 0 amide bonds. The Morgan fingerprint density at radius 3 is 2.79 bits per heavy atom. The van der Waals surface area contributed by atoms with Gasteiger partial charge >= 0.3 is 5.97 Å². The van der Waals surface area contributed by atoms with Crippen molar-refractivity contribution in [3.05, 3.63) is 34.4 Å². The molecule has 1 unspecified atom stereocenters. The van der Waals surface area contributed by atoms with Crippen molar-refractivity contribution in [2.24, 2.45) is 0 Å². The molecule has 0 spiro atoms. The van der Waals surface area contributed by atoms with Crippen molar-refractivity contribution in [2.75, 3.05) is 0 Å². The molecule has 4 heteroatoms. The minimum atomic E-state index is -0.523. The topological polar surface area (TPSA) is 66.8 Å². The second kappa shape index (κ2) is 4.96. The summed E-state index contributed by atoms with van der Waals surface area (Å²) in [6.07, 6.45) is 2.54. The predicted octanol–water partition coefficient (Wildman–Crippen LogP) is 2.71. The number of carbonyl (C=O) groups is 1. The number of ether oxygens (including phenoxy) is 1. The van der Waals surface area contributed by atoms with E-state index < -0.39 is 5.97 Å². The van der Waals surface area contributed by atoms with Gasteiger partial charge in [-0.1, -0.05) is 11.6 Å². The largest absolute Gasteiger partial charge is 0.508 e. The van der Waals surface area contributed by atoms with Crippen molar-refractivity contribution in [3.63, 3.8) is 0 Å². The second-order valence-electron chi connectivity index (χ2n) is 5.16. The maximum absolute atomic E-state index is 11.8. The lowest BCUT2D eigenvalue weighted by Gasteiger charge is -2.23. The highest BCUT2D eigenvalue weighted by atomic mass is 16.5. The zero-order chi connectivity index (χ0) is 14.2. The molecule has 0 saturated carbocycles. The molecule has 0 bridgehead atoms. The minimum absolute atomic E-state index is 0.0238. The molecule has 2 rings (SSSR count). The molecule has 1 aromatic carbocycles. The first-order valence-corrected chi connectivity index (χ1v) is 6.31. The summed E-state index contributed by atoms with van der Waals surface area (Å²) in [5, 5.41) is 20.2. The second-order valence-corrected chi connectivity index (χ2v) is 5.16. The monoisotopic (exact) mass is 262 g/mol. The number of rotatable bonds is 2. The molecule has 2 N–H and O–H groups in total. The molecule has 102 valence electrons. The van der Waals surface area contributed by atoms with E-state index in [0.717, 1.165) is 5.57 Å². The average molecular weight is 262 g/mol. The first kappa shape index (κ1) is 13.5. The van der Waals surface area contributed by atoms with Crippen LogP contribution in [0.4, 0.5) is 0 Å². The normalized spacial score (nSPS) is 17.6. The van der Waals surface area contributed by atoms with E-state index in [1.807, 2.05) is 19.9 Å². The molecule has 1 aromatic rings. The van der Waals surface area contributed by atoms with Gasteiger partial charge < -0.3 is 14.9 Å². The number of cyclic esters (lactones) is 1. The fourth-order valence-electron chi connectivity index (χ4n) is 2.24. The number of hydrogen-bond donors (Lipinski definition) is 2. The Morgan fingerprint density at radius 1 is 1.47 bits per heavy atom. The number of carbonyl (C=O) groups excluding carboxylic acids is 1. The molecule has 1 aliphatic heterocycles. The molecule has 0 aromatic heterocycles. The van der Waals surface area contributed by atoms with E-state index in [2.05, 4.69) is 0 Å². The average Bonchev–Trinajstić information content (AvgIpc) is 2.26. The number of phenolic OH excluding ortho intramolecular Hbond substituents is 2. The van der Waals surface area contributed by atoms with Crippen molar-refractivity contribution in [2.45, 2.75) is 39.7 Å². The van der Waals surface area contributed by atoms with Gasteiger partial charge in [0.2, 0.25) is 0 Å². The molecule has 19 heavy (non-hydrogen) atoms. The van der Waals surface area contributed by atoms with Crippen LogP contribution in [0.2, 0.25) is 0 Å². The standard InChI is InChI=1S/C15H18O4/c1-8(2)4-5-11-12(16)7-10-6-9(3)19-15(18)13(10)14(11)17/h4,7,9,16-17H,5-6H2,1-3H3. The Hall–Kier alpha value is -1.97. The highest BCUT2D eigenvalue weighted by Gasteiger charge is 2.29. The van der Waals surface area contributed by atoms with Gasteiger partial charge in [-0.15, -0.1) is 0 Å². The van der Waals surface area contributed by atoms with Gasteiger partial charge in [-0.05, 0) is 38.8 Å². The van der Waals surface area contributed by atoms with Crippen LogP contribution in [-0.4, -0.2) is 22.3 Å². The van der Waals surface area contributed by atoms with Gasteiger partial charge in [-0.25, -0.2) is 4.79 Å². The Balaban J connectivity index is 2.51. The zero-order valence-corrected chi connectivity index (χ0v) is 11.4. The highest BCUT2D eigenvalue weighted by Crippen LogP contribution is 2.37. The van der Waals surface area contributed by atoms with E-state index in [0.29, 0.717) is 24.0 Å². The van der Waals surface area contributed by atoms with Crippen molar-refractivity contribution in [3.8, 4) is 11.5 Å². The maximum atomic E-state index is 11.8. The van der Waals surface area contributed by atoms with Crippen molar-refractivity contribution in [1.82, 2.24) is 0 Å². The van der Waals surface area contributed by atoms with Crippen LogP contribution in [-0.2, 0) is 17.6 Å². The molecular weight excluding hydrogens is 244 g/mol. The van der Waals surface area contributed by atoms with Crippen LogP contribution < -0.4 is 0 Å². The maximum Gasteiger partial charge on any atom is 0.342 e. The summed E-state index contributed by atoms with van der Waals surface area (Å²) in [5.41, 5.74) is 2.27. The third-order valence-corrected chi connectivity index (χ3v) is 3.20. The van der Waals surface area contributed by atoms with Crippen molar-refractivity contribution >= 4 is 5.97 Å². The quantitative estimate of drug-likeness (QED) is 0.635. The lowest BCUT2D eigenvalue weighted by Crippen LogP contribution is -2.25. The third kappa shape index (κ3) is 2.57. The lowest BCUT2D eigenvalue weighted by atomic mass is 9.93. The molecule has 0 saturated heterocycles. The van der Waals surface area contributed by atoms with E-state index in [1.54, 1.807) is 13.0 Å². The molecule has 0 radical (unpaired) electrons. The summed E-state index contributed by atoms with van der Waals surface area (Å²) >= 11 is 0. The van der Waals surface area contributed by atoms with E-state index in [9.17, 15) is 15.0 Å². The van der Waals surface area contributed by atoms with Crippen LogP contribution in [0.15, 0.2) is 17.7 Å². The van der Waals surface area contributed by atoms with Gasteiger partial charge in [0, 0.05) is 12.0 Å². The molecular formula is C15H18O4. The van der Waals surface area contributed by atoms with E-state index >= 15 is 0 Å². The number of fused-ring (bicyclic) bond motifs is 1. The summed E-state index contributed by atoms with van der Waals surface area (Å²) in [6, 6.07) is 1.56. The number of benzene rings is 1. The fraction of sp³-hybridized carbons (Fsp3) is 0.400. The molecule has 0 aliphatic carbocycles. The Labute approximate surface area is 112 Å². The first-order chi connectivity index (χ1) is 8.90. The first-order valence-electron chi connectivity index (χ1n) is 6.31. The number of aromatic hydroxyl groups is 2. The van der Waals surface area contributed by atoms with Crippen molar-refractivity contribution in [1.29, 1.82) is 0 Å². The van der Waals surface area contributed by atoms with Gasteiger partial charge in [0.15, 0.2) is 0 Å². The van der Waals surface area contributed by atoms with Crippen LogP contribution in [0.5, 0.6) is 11.5 Å². The fourth-order valence-corrected chi connectivity index (χ4v) is 2.24. The molecule has 1 heterocycles. The summed E-state index contributed by atoms with van der Waals surface area (Å²) in [7, 11) is 0. The summed E-state index contributed by atoms with van der Waals surface area (Å²) in [5.74, 6) is -0.662.